The smallest absolute Gasteiger partial charge is 0.151 e. The van der Waals surface area contributed by atoms with Crippen LogP contribution in [0.4, 0.5) is 5.82 Å². The van der Waals surface area contributed by atoms with E-state index in [0.717, 1.165) is 50.5 Å². The van der Waals surface area contributed by atoms with Crippen molar-refractivity contribution >= 4 is 5.82 Å². The first-order valence-corrected chi connectivity index (χ1v) is 7.98. The third kappa shape index (κ3) is 4.53. The zero-order valence-electron chi connectivity index (χ0n) is 13.8. The van der Waals surface area contributed by atoms with E-state index in [-0.39, 0.29) is 5.41 Å². The Labute approximate surface area is 128 Å². The zero-order valence-corrected chi connectivity index (χ0v) is 13.8. The molecule has 4 heteroatoms. The van der Waals surface area contributed by atoms with E-state index in [1.807, 2.05) is 0 Å². The van der Waals surface area contributed by atoms with Gasteiger partial charge in [-0.25, -0.2) is 0 Å². The first-order valence-electron chi connectivity index (χ1n) is 7.98. The van der Waals surface area contributed by atoms with Crippen molar-refractivity contribution in [2.45, 2.75) is 47.1 Å². The fraction of sp³-hybridized carbons (Fsp3) is 0.647. The summed E-state index contributed by atoms with van der Waals surface area (Å²) in [7, 11) is 0. The van der Waals surface area contributed by atoms with Gasteiger partial charge < -0.3 is 10.2 Å². The molecule has 21 heavy (non-hydrogen) atoms. The van der Waals surface area contributed by atoms with Crippen molar-refractivity contribution in [1.29, 1.82) is 0 Å². The molecule has 1 N–H and O–H groups in total. The van der Waals surface area contributed by atoms with Gasteiger partial charge in [-0.3, -0.25) is 0 Å². The Kier molecular flexibility index (Phi) is 5.34. The minimum Gasteiger partial charge on any atom is -0.351 e. The van der Waals surface area contributed by atoms with Gasteiger partial charge in [-0.1, -0.05) is 39.3 Å². The zero-order chi connectivity index (χ0) is 15.3. The van der Waals surface area contributed by atoms with Gasteiger partial charge in [0.1, 0.15) is 0 Å². The molecule has 0 radical (unpaired) electrons. The van der Waals surface area contributed by atoms with Crippen LogP contribution in [0.5, 0.6) is 0 Å². The van der Waals surface area contributed by atoms with Crippen LogP contribution in [-0.4, -0.2) is 29.8 Å². The van der Waals surface area contributed by atoms with Gasteiger partial charge >= 0.3 is 0 Å². The van der Waals surface area contributed by atoms with E-state index in [2.05, 4.69) is 66.3 Å². The van der Waals surface area contributed by atoms with Gasteiger partial charge in [0.25, 0.3) is 0 Å². The number of rotatable bonds is 5. The highest BCUT2D eigenvalue weighted by Gasteiger charge is 2.21. The van der Waals surface area contributed by atoms with E-state index >= 15 is 0 Å². The Morgan fingerprint density at radius 1 is 1.24 bits per heavy atom. The normalized spacial score (nSPS) is 16.0. The molecule has 1 aromatic rings. The highest BCUT2D eigenvalue weighted by Crippen LogP contribution is 2.30. The fourth-order valence-electron chi connectivity index (χ4n) is 2.57. The summed E-state index contributed by atoms with van der Waals surface area (Å²) >= 11 is 0. The number of nitrogens with zero attached hydrogens (tertiary/aromatic N) is 3. The van der Waals surface area contributed by atoms with Crippen LogP contribution >= 0.6 is 0 Å². The second-order valence-electron chi connectivity index (χ2n) is 6.74. The van der Waals surface area contributed by atoms with Crippen molar-refractivity contribution in [2.24, 2.45) is 5.41 Å². The molecule has 0 unspecified atom stereocenters. The molecule has 0 saturated heterocycles. The summed E-state index contributed by atoms with van der Waals surface area (Å²) in [6.07, 6.45) is 4.61. The van der Waals surface area contributed by atoms with Gasteiger partial charge in [0.15, 0.2) is 5.82 Å². The molecule has 4 nitrogen and oxygen atoms in total. The number of hydrogen-bond donors (Lipinski definition) is 1. The van der Waals surface area contributed by atoms with Crippen LogP contribution in [0.1, 0.15) is 46.2 Å². The maximum absolute atomic E-state index is 4.37. The van der Waals surface area contributed by atoms with Crippen LogP contribution in [0.15, 0.2) is 23.8 Å². The number of anilines is 1. The summed E-state index contributed by atoms with van der Waals surface area (Å²) < 4.78 is 0. The molecular weight excluding hydrogens is 260 g/mol. The van der Waals surface area contributed by atoms with E-state index in [1.165, 1.54) is 0 Å². The van der Waals surface area contributed by atoms with E-state index in [9.17, 15) is 0 Å². The van der Waals surface area contributed by atoms with Crippen molar-refractivity contribution in [3.8, 4) is 0 Å². The third-order valence-corrected chi connectivity index (χ3v) is 3.94. The van der Waals surface area contributed by atoms with Crippen LogP contribution in [0.2, 0.25) is 0 Å². The van der Waals surface area contributed by atoms with E-state index < -0.39 is 0 Å². The van der Waals surface area contributed by atoms with Gasteiger partial charge in [0, 0.05) is 19.6 Å². The molecule has 1 aromatic heterocycles. The van der Waals surface area contributed by atoms with E-state index in [4.69, 9.17) is 0 Å². The predicted molar refractivity (Wildman–Crippen MR) is 88.4 cm³/mol. The first-order chi connectivity index (χ1) is 10.0. The standard InChI is InChI=1S/C17H28N4/c1-5-10-18-13-15-6-7-16(20-19-15)21-11-8-14(9-12-21)17(2,3)4/h6-8,18H,5,9-13H2,1-4H3. The topological polar surface area (TPSA) is 41.0 Å². The van der Waals surface area contributed by atoms with Crippen LogP contribution in [0, 0.1) is 5.41 Å². The Morgan fingerprint density at radius 3 is 2.57 bits per heavy atom. The summed E-state index contributed by atoms with van der Waals surface area (Å²) in [5.74, 6) is 0.985. The molecule has 0 aliphatic carbocycles. The van der Waals surface area contributed by atoms with Crippen molar-refractivity contribution in [3.63, 3.8) is 0 Å². The molecule has 0 saturated carbocycles. The molecule has 1 aliphatic rings. The van der Waals surface area contributed by atoms with Crippen LogP contribution in [0.25, 0.3) is 0 Å². The van der Waals surface area contributed by atoms with Gasteiger partial charge in [-0.05, 0) is 36.9 Å². The average molecular weight is 288 g/mol. The van der Waals surface area contributed by atoms with Gasteiger partial charge in [0.05, 0.1) is 5.69 Å². The summed E-state index contributed by atoms with van der Waals surface area (Å²) in [5.41, 5.74) is 2.84. The van der Waals surface area contributed by atoms with Gasteiger partial charge in [-0.2, -0.15) is 5.10 Å². The largest absolute Gasteiger partial charge is 0.351 e. The quantitative estimate of drug-likeness (QED) is 0.667. The van der Waals surface area contributed by atoms with Crippen molar-refractivity contribution in [1.82, 2.24) is 15.5 Å². The average Bonchev–Trinajstić information content (AvgIpc) is 2.48. The highest BCUT2D eigenvalue weighted by molar-refractivity contribution is 5.40. The molecular formula is C17H28N4. The SMILES string of the molecule is CCCNCc1ccc(N2CC=C(C(C)(C)C)CC2)nn1. The summed E-state index contributed by atoms with van der Waals surface area (Å²) in [5, 5.41) is 12.0. The Bertz CT molecular complexity index is 471. The lowest BCUT2D eigenvalue weighted by Crippen LogP contribution is -2.32. The van der Waals surface area contributed by atoms with Gasteiger partial charge in [0.2, 0.25) is 0 Å². The van der Waals surface area contributed by atoms with Crippen LogP contribution in [0.3, 0.4) is 0 Å². The Hall–Kier alpha value is -1.42. The fourth-order valence-corrected chi connectivity index (χ4v) is 2.57. The highest BCUT2D eigenvalue weighted by atomic mass is 15.3. The van der Waals surface area contributed by atoms with E-state index in [1.54, 1.807) is 5.57 Å². The molecule has 116 valence electrons. The van der Waals surface area contributed by atoms with Gasteiger partial charge in [-0.15, -0.1) is 5.10 Å². The number of aromatic nitrogens is 2. The molecule has 0 fully saturated rings. The van der Waals surface area contributed by atoms with Crippen LogP contribution in [-0.2, 0) is 6.54 Å². The minimum atomic E-state index is 0.284. The monoisotopic (exact) mass is 288 g/mol. The Morgan fingerprint density at radius 2 is 2.05 bits per heavy atom. The minimum absolute atomic E-state index is 0.284. The lowest BCUT2D eigenvalue weighted by molar-refractivity contribution is 0.472. The van der Waals surface area contributed by atoms with Crippen molar-refractivity contribution in [2.75, 3.05) is 24.5 Å². The Balaban J connectivity index is 1.93. The van der Waals surface area contributed by atoms with Crippen molar-refractivity contribution in [3.05, 3.63) is 29.5 Å². The number of hydrogen-bond acceptors (Lipinski definition) is 4. The number of nitrogens with one attached hydrogen (secondary N) is 1. The molecule has 1 aliphatic heterocycles. The second kappa shape index (κ2) is 7.03. The predicted octanol–water partition coefficient (Wildman–Crippen LogP) is 3.16. The summed E-state index contributed by atoms with van der Waals surface area (Å²) in [6, 6.07) is 4.17. The lowest BCUT2D eigenvalue weighted by Gasteiger charge is -2.32. The van der Waals surface area contributed by atoms with E-state index in [0.29, 0.717) is 0 Å². The molecule has 2 rings (SSSR count). The molecule has 2 heterocycles. The molecule has 0 amide bonds. The third-order valence-electron chi connectivity index (χ3n) is 3.94. The first kappa shape index (κ1) is 16.0. The van der Waals surface area contributed by atoms with Crippen molar-refractivity contribution < 1.29 is 0 Å². The lowest BCUT2D eigenvalue weighted by atomic mass is 9.83. The molecule has 0 bridgehead atoms. The summed E-state index contributed by atoms with van der Waals surface area (Å²) in [4.78, 5) is 2.30. The summed E-state index contributed by atoms with van der Waals surface area (Å²) in [6.45, 7) is 12.8. The maximum Gasteiger partial charge on any atom is 0.151 e. The molecule has 0 atom stereocenters. The second-order valence-corrected chi connectivity index (χ2v) is 6.74. The molecule has 0 aromatic carbocycles. The molecule has 0 spiro atoms. The van der Waals surface area contributed by atoms with Crippen LogP contribution < -0.4 is 10.2 Å². The maximum atomic E-state index is 4.37.